The molecular formula is C15H17N3O3. The molecule has 0 aliphatic heterocycles. The van der Waals surface area contributed by atoms with Crippen molar-refractivity contribution in [2.24, 2.45) is 0 Å². The lowest BCUT2D eigenvalue weighted by molar-refractivity contribution is -0.137. The van der Waals surface area contributed by atoms with Gasteiger partial charge in [0.05, 0.1) is 0 Å². The van der Waals surface area contributed by atoms with Crippen LogP contribution >= 0.6 is 0 Å². The van der Waals surface area contributed by atoms with Crippen molar-refractivity contribution in [3.63, 3.8) is 0 Å². The van der Waals surface area contributed by atoms with E-state index < -0.39 is 18.4 Å². The quantitative estimate of drug-likeness (QED) is 0.373. The van der Waals surface area contributed by atoms with E-state index in [2.05, 4.69) is 10.6 Å². The number of aryl methyl sites for hydroxylation is 1. The Morgan fingerprint density at radius 2 is 2.00 bits per heavy atom. The second-order valence-corrected chi connectivity index (χ2v) is 4.29. The van der Waals surface area contributed by atoms with Gasteiger partial charge in [0.1, 0.15) is 18.2 Å². The van der Waals surface area contributed by atoms with Crippen LogP contribution in [0.3, 0.4) is 0 Å². The van der Waals surface area contributed by atoms with E-state index in [0.29, 0.717) is 6.54 Å². The van der Waals surface area contributed by atoms with Crippen molar-refractivity contribution >= 4 is 11.9 Å². The number of amides is 1. The first-order chi connectivity index (χ1) is 10.1. The van der Waals surface area contributed by atoms with Crippen molar-refractivity contribution in [2.45, 2.75) is 12.8 Å². The first-order valence-electron chi connectivity index (χ1n) is 6.51. The molecule has 1 aromatic carbocycles. The van der Waals surface area contributed by atoms with Gasteiger partial charge in [0.15, 0.2) is 0 Å². The summed E-state index contributed by atoms with van der Waals surface area (Å²) >= 11 is 0. The number of hydrogen-bond donors (Lipinski definition) is 3. The van der Waals surface area contributed by atoms with Crippen LogP contribution in [0.15, 0.2) is 42.1 Å². The number of benzene rings is 1. The van der Waals surface area contributed by atoms with Crippen molar-refractivity contribution in [3.8, 4) is 6.07 Å². The minimum absolute atomic E-state index is 0.143. The normalized spacial score (nSPS) is 10.5. The highest BCUT2D eigenvalue weighted by Crippen LogP contribution is 2.01. The Bertz CT molecular complexity index is 547. The highest BCUT2D eigenvalue weighted by Gasteiger charge is 2.09. The number of nitrogens with zero attached hydrogens (tertiary/aromatic N) is 1. The maximum absolute atomic E-state index is 11.5. The standard InChI is InChI=1S/C15H17N3O3/c16-9-13(15(21)18-11-14(19)20)10-17-8-4-7-12-5-2-1-3-6-12/h1-3,5-6,10,17H,4,7-8,11H2,(H,18,21)(H,19,20)/b13-10-. The van der Waals surface area contributed by atoms with Crippen LogP contribution in [0.4, 0.5) is 0 Å². The van der Waals surface area contributed by atoms with Crippen molar-refractivity contribution < 1.29 is 14.7 Å². The molecule has 0 atom stereocenters. The molecule has 0 fully saturated rings. The van der Waals surface area contributed by atoms with E-state index in [4.69, 9.17) is 10.4 Å². The highest BCUT2D eigenvalue weighted by molar-refractivity contribution is 5.98. The molecule has 1 aromatic rings. The number of aliphatic carboxylic acids is 1. The summed E-state index contributed by atoms with van der Waals surface area (Å²) in [5.41, 5.74) is 1.08. The maximum Gasteiger partial charge on any atom is 0.322 e. The Balaban J connectivity index is 2.31. The summed E-state index contributed by atoms with van der Waals surface area (Å²) in [7, 11) is 0. The number of rotatable bonds is 8. The third-order valence-corrected chi connectivity index (χ3v) is 2.64. The van der Waals surface area contributed by atoms with Gasteiger partial charge in [-0.05, 0) is 18.4 Å². The lowest BCUT2D eigenvalue weighted by Crippen LogP contribution is -2.30. The van der Waals surface area contributed by atoms with Crippen LogP contribution < -0.4 is 10.6 Å². The van der Waals surface area contributed by atoms with E-state index in [1.807, 2.05) is 30.3 Å². The topological polar surface area (TPSA) is 102 Å². The SMILES string of the molecule is N#C/C(=C/NCCCc1ccccc1)C(=O)NCC(=O)O. The van der Waals surface area contributed by atoms with Gasteiger partial charge in [-0.3, -0.25) is 9.59 Å². The fourth-order valence-electron chi connectivity index (χ4n) is 1.61. The van der Waals surface area contributed by atoms with Gasteiger partial charge in [0.2, 0.25) is 0 Å². The second kappa shape index (κ2) is 9.15. The highest BCUT2D eigenvalue weighted by atomic mass is 16.4. The van der Waals surface area contributed by atoms with Gasteiger partial charge in [-0.15, -0.1) is 0 Å². The minimum Gasteiger partial charge on any atom is -0.480 e. The predicted molar refractivity (Wildman–Crippen MR) is 77.1 cm³/mol. The smallest absolute Gasteiger partial charge is 0.322 e. The van der Waals surface area contributed by atoms with Gasteiger partial charge in [-0.25, -0.2) is 0 Å². The van der Waals surface area contributed by atoms with Crippen LogP contribution in [0.2, 0.25) is 0 Å². The first kappa shape index (κ1) is 16.2. The van der Waals surface area contributed by atoms with Gasteiger partial charge in [-0.1, -0.05) is 30.3 Å². The fourth-order valence-corrected chi connectivity index (χ4v) is 1.61. The van der Waals surface area contributed by atoms with Crippen LogP contribution in [0.5, 0.6) is 0 Å². The molecule has 1 rings (SSSR count). The predicted octanol–water partition coefficient (Wildman–Crippen LogP) is 0.817. The summed E-state index contributed by atoms with van der Waals surface area (Å²) in [6.07, 6.45) is 3.06. The van der Waals surface area contributed by atoms with Crippen LogP contribution in [0, 0.1) is 11.3 Å². The number of carboxylic acid groups (broad SMARTS) is 1. The molecule has 0 heterocycles. The maximum atomic E-state index is 11.5. The van der Waals surface area contributed by atoms with Gasteiger partial charge >= 0.3 is 5.97 Å². The average Bonchev–Trinajstić information content (AvgIpc) is 2.49. The molecule has 0 aromatic heterocycles. The van der Waals surface area contributed by atoms with Crippen molar-refractivity contribution in [1.29, 1.82) is 5.26 Å². The molecule has 0 saturated carbocycles. The van der Waals surface area contributed by atoms with E-state index in [1.165, 1.54) is 11.8 Å². The molecule has 110 valence electrons. The van der Waals surface area contributed by atoms with Crippen molar-refractivity contribution in [3.05, 3.63) is 47.7 Å². The number of nitrogens with one attached hydrogen (secondary N) is 2. The van der Waals surface area contributed by atoms with Crippen LogP contribution in [0.1, 0.15) is 12.0 Å². The molecule has 0 aliphatic carbocycles. The van der Waals surface area contributed by atoms with E-state index in [9.17, 15) is 9.59 Å². The monoisotopic (exact) mass is 287 g/mol. The molecule has 0 unspecified atom stereocenters. The van der Waals surface area contributed by atoms with Crippen LogP contribution in [-0.2, 0) is 16.0 Å². The molecule has 3 N–H and O–H groups in total. The Hall–Kier alpha value is -2.81. The van der Waals surface area contributed by atoms with E-state index >= 15 is 0 Å². The van der Waals surface area contributed by atoms with Crippen LogP contribution in [0.25, 0.3) is 0 Å². The lowest BCUT2D eigenvalue weighted by Gasteiger charge is -2.03. The number of nitriles is 1. The van der Waals surface area contributed by atoms with E-state index in [1.54, 1.807) is 6.07 Å². The molecule has 0 bridgehead atoms. The lowest BCUT2D eigenvalue weighted by atomic mass is 10.1. The summed E-state index contributed by atoms with van der Waals surface area (Å²) in [6.45, 7) is 0.109. The summed E-state index contributed by atoms with van der Waals surface area (Å²) in [6, 6.07) is 11.7. The minimum atomic E-state index is -1.16. The molecule has 6 heteroatoms. The van der Waals surface area contributed by atoms with Gasteiger partial charge in [-0.2, -0.15) is 5.26 Å². The van der Waals surface area contributed by atoms with Gasteiger partial charge in [0.25, 0.3) is 5.91 Å². The third kappa shape index (κ3) is 6.78. The second-order valence-electron chi connectivity index (χ2n) is 4.29. The summed E-state index contributed by atoms with van der Waals surface area (Å²) in [5.74, 6) is -1.85. The summed E-state index contributed by atoms with van der Waals surface area (Å²) in [4.78, 5) is 21.8. The van der Waals surface area contributed by atoms with Crippen molar-refractivity contribution in [1.82, 2.24) is 10.6 Å². The Labute approximate surface area is 123 Å². The number of hydrogen-bond acceptors (Lipinski definition) is 4. The molecular weight excluding hydrogens is 270 g/mol. The number of carbonyl (C=O) groups excluding carboxylic acids is 1. The third-order valence-electron chi connectivity index (χ3n) is 2.64. The van der Waals surface area contributed by atoms with Crippen LogP contribution in [-0.4, -0.2) is 30.1 Å². The summed E-state index contributed by atoms with van der Waals surface area (Å²) < 4.78 is 0. The summed E-state index contributed by atoms with van der Waals surface area (Å²) in [5, 5.41) is 22.3. The molecule has 1 amide bonds. The zero-order chi connectivity index (χ0) is 15.5. The molecule has 21 heavy (non-hydrogen) atoms. The Kier molecular flexibility index (Phi) is 7.08. The fraction of sp³-hybridized carbons (Fsp3) is 0.267. The van der Waals surface area contributed by atoms with Gasteiger partial charge in [0, 0.05) is 12.7 Å². The van der Waals surface area contributed by atoms with Crippen molar-refractivity contribution in [2.75, 3.05) is 13.1 Å². The zero-order valence-electron chi connectivity index (χ0n) is 11.5. The zero-order valence-corrected chi connectivity index (χ0v) is 11.5. The Morgan fingerprint density at radius 1 is 1.29 bits per heavy atom. The first-order valence-corrected chi connectivity index (χ1v) is 6.51. The molecule has 6 nitrogen and oxygen atoms in total. The van der Waals surface area contributed by atoms with Gasteiger partial charge < -0.3 is 15.7 Å². The molecule has 0 saturated heterocycles. The molecule has 0 aliphatic rings. The number of carbonyl (C=O) groups is 2. The largest absolute Gasteiger partial charge is 0.480 e. The Morgan fingerprint density at radius 3 is 2.62 bits per heavy atom. The molecule has 0 radical (unpaired) electrons. The average molecular weight is 287 g/mol. The van der Waals surface area contributed by atoms with E-state index in [0.717, 1.165) is 12.8 Å². The van der Waals surface area contributed by atoms with E-state index in [-0.39, 0.29) is 5.57 Å². The molecule has 0 spiro atoms. The number of carboxylic acids is 1.